The fraction of sp³-hybridized carbons (Fsp3) is 0.857. The molecule has 0 spiro atoms. The number of rotatable bonds is 5. The summed E-state index contributed by atoms with van der Waals surface area (Å²) < 4.78 is 0. The lowest BCUT2D eigenvalue weighted by molar-refractivity contribution is 0.308. The Hall–Kier alpha value is -0.300. The van der Waals surface area contributed by atoms with E-state index in [4.69, 9.17) is 0 Å². The van der Waals surface area contributed by atoms with Crippen LogP contribution in [0.3, 0.4) is 0 Å². The minimum absolute atomic E-state index is 0.269. The van der Waals surface area contributed by atoms with Crippen molar-refractivity contribution in [2.45, 2.75) is 58.4 Å². The topological polar surface area (TPSA) is 12.0 Å². The fourth-order valence-electron chi connectivity index (χ4n) is 2.53. The van der Waals surface area contributed by atoms with Gasteiger partial charge in [0.2, 0.25) is 0 Å². The summed E-state index contributed by atoms with van der Waals surface area (Å²) in [5, 5.41) is 3.64. The van der Waals surface area contributed by atoms with Crippen molar-refractivity contribution in [2.24, 2.45) is 11.8 Å². The molecule has 1 rings (SSSR count). The van der Waals surface area contributed by atoms with Gasteiger partial charge in [-0.05, 0) is 58.4 Å². The first-order chi connectivity index (χ1) is 7.03. The molecule has 0 aromatic heterocycles. The van der Waals surface area contributed by atoms with Gasteiger partial charge in [-0.1, -0.05) is 18.9 Å². The third kappa shape index (κ3) is 4.83. The molecular weight excluding hydrogens is 182 g/mol. The summed E-state index contributed by atoms with van der Waals surface area (Å²) >= 11 is 0. The standard InChI is InChI=1S/C14H27N/c1-5-6-8-12-9-7-10-13(12)11-15-14(2,3)4/h5,12-13,15H,1,6-11H2,2-4H3. The van der Waals surface area contributed by atoms with Crippen molar-refractivity contribution < 1.29 is 0 Å². The van der Waals surface area contributed by atoms with Crippen LogP contribution in [0.15, 0.2) is 12.7 Å². The third-order valence-corrected chi connectivity index (χ3v) is 3.45. The first-order valence-corrected chi connectivity index (χ1v) is 6.39. The quantitative estimate of drug-likeness (QED) is 0.680. The Balaban J connectivity index is 2.29. The molecule has 1 saturated carbocycles. The van der Waals surface area contributed by atoms with Gasteiger partial charge in [-0.15, -0.1) is 6.58 Å². The molecule has 1 heteroatoms. The molecule has 1 aliphatic rings. The molecule has 1 fully saturated rings. The molecule has 2 unspecified atom stereocenters. The summed E-state index contributed by atoms with van der Waals surface area (Å²) in [6, 6.07) is 0. The van der Waals surface area contributed by atoms with Gasteiger partial charge in [-0.3, -0.25) is 0 Å². The maximum Gasteiger partial charge on any atom is 0.00966 e. The van der Waals surface area contributed by atoms with Gasteiger partial charge in [0, 0.05) is 5.54 Å². The van der Waals surface area contributed by atoms with E-state index in [2.05, 4.69) is 38.7 Å². The lowest BCUT2D eigenvalue weighted by Gasteiger charge is -2.26. The van der Waals surface area contributed by atoms with Crippen LogP contribution in [-0.4, -0.2) is 12.1 Å². The van der Waals surface area contributed by atoms with Crippen LogP contribution in [0.5, 0.6) is 0 Å². The zero-order valence-electron chi connectivity index (χ0n) is 10.7. The Morgan fingerprint density at radius 2 is 1.93 bits per heavy atom. The Kier molecular flexibility index (Phi) is 4.85. The van der Waals surface area contributed by atoms with Crippen molar-refractivity contribution in [2.75, 3.05) is 6.54 Å². The summed E-state index contributed by atoms with van der Waals surface area (Å²) in [4.78, 5) is 0. The molecule has 0 aliphatic heterocycles. The van der Waals surface area contributed by atoms with E-state index in [0.29, 0.717) is 0 Å². The van der Waals surface area contributed by atoms with Crippen LogP contribution >= 0.6 is 0 Å². The van der Waals surface area contributed by atoms with Crippen molar-refractivity contribution in [3.05, 3.63) is 12.7 Å². The Morgan fingerprint density at radius 1 is 1.27 bits per heavy atom. The molecule has 0 aromatic carbocycles. The second-order valence-electron chi connectivity index (χ2n) is 5.95. The minimum atomic E-state index is 0.269. The van der Waals surface area contributed by atoms with Gasteiger partial charge in [0.15, 0.2) is 0 Å². The molecule has 2 atom stereocenters. The average Bonchev–Trinajstić information content (AvgIpc) is 2.57. The monoisotopic (exact) mass is 209 g/mol. The van der Waals surface area contributed by atoms with Crippen LogP contribution in [0.2, 0.25) is 0 Å². The molecule has 0 aromatic rings. The van der Waals surface area contributed by atoms with Gasteiger partial charge in [0.25, 0.3) is 0 Å². The normalized spacial score (nSPS) is 26.9. The van der Waals surface area contributed by atoms with Crippen LogP contribution in [0.4, 0.5) is 0 Å². The molecule has 0 heterocycles. The van der Waals surface area contributed by atoms with Crippen LogP contribution in [0, 0.1) is 11.8 Å². The van der Waals surface area contributed by atoms with E-state index < -0.39 is 0 Å². The van der Waals surface area contributed by atoms with E-state index in [1.165, 1.54) is 38.6 Å². The van der Waals surface area contributed by atoms with Crippen LogP contribution in [0.1, 0.15) is 52.9 Å². The van der Waals surface area contributed by atoms with Crippen molar-refractivity contribution in [3.63, 3.8) is 0 Å². The van der Waals surface area contributed by atoms with E-state index in [-0.39, 0.29) is 5.54 Å². The van der Waals surface area contributed by atoms with Crippen LogP contribution in [-0.2, 0) is 0 Å². The van der Waals surface area contributed by atoms with Crippen molar-refractivity contribution in [1.82, 2.24) is 5.32 Å². The van der Waals surface area contributed by atoms with Crippen molar-refractivity contribution >= 4 is 0 Å². The molecule has 1 nitrogen and oxygen atoms in total. The maximum absolute atomic E-state index is 3.82. The lowest BCUT2D eigenvalue weighted by atomic mass is 9.91. The van der Waals surface area contributed by atoms with Gasteiger partial charge in [0.1, 0.15) is 0 Å². The summed E-state index contributed by atoms with van der Waals surface area (Å²) in [7, 11) is 0. The smallest absolute Gasteiger partial charge is 0.00966 e. The number of hydrogen-bond donors (Lipinski definition) is 1. The zero-order valence-corrected chi connectivity index (χ0v) is 10.7. The Bertz CT molecular complexity index is 190. The predicted octanol–water partition coefficient (Wildman–Crippen LogP) is 3.76. The van der Waals surface area contributed by atoms with Crippen LogP contribution < -0.4 is 5.32 Å². The number of hydrogen-bond acceptors (Lipinski definition) is 1. The number of allylic oxidation sites excluding steroid dienone is 1. The van der Waals surface area contributed by atoms with E-state index >= 15 is 0 Å². The van der Waals surface area contributed by atoms with Crippen molar-refractivity contribution in [3.8, 4) is 0 Å². The first-order valence-electron chi connectivity index (χ1n) is 6.39. The highest BCUT2D eigenvalue weighted by molar-refractivity contribution is 4.83. The average molecular weight is 209 g/mol. The van der Waals surface area contributed by atoms with Gasteiger partial charge in [0.05, 0.1) is 0 Å². The first kappa shape index (κ1) is 12.8. The predicted molar refractivity (Wildman–Crippen MR) is 68.0 cm³/mol. The third-order valence-electron chi connectivity index (χ3n) is 3.45. The molecule has 1 N–H and O–H groups in total. The molecular formula is C14H27N. The number of nitrogens with one attached hydrogen (secondary N) is 1. The van der Waals surface area contributed by atoms with E-state index in [1.54, 1.807) is 0 Å². The van der Waals surface area contributed by atoms with Gasteiger partial charge in [-0.25, -0.2) is 0 Å². The Morgan fingerprint density at radius 3 is 2.53 bits per heavy atom. The van der Waals surface area contributed by atoms with Crippen LogP contribution in [0.25, 0.3) is 0 Å². The molecule has 0 amide bonds. The molecule has 0 bridgehead atoms. The second-order valence-corrected chi connectivity index (χ2v) is 5.95. The second kappa shape index (κ2) is 5.69. The molecule has 0 saturated heterocycles. The molecule has 0 radical (unpaired) electrons. The fourth-order valence-corrected chi connectivity index (χ4v) is 2.53. The van der Waals surface area contributed by atoms with Gasteiger partial charge >= 0.3 is 0 Å². The highest BCUT2D eigenvalue weighted by Crippen LogP contribution is 2.34. The summed E-state index contributed by atoms with van der Waals surface area (Å²) in [5.41, 5.74) is 0.269. The molecule has 88 valence electrons. The summed E-state index contributed by atoms with van der Waals surface area (Å²) in [6.45, 7) is 11.8. The highest BCUT2D eigenvalue weighted by atomic mass is 14.9. The minimum Gasteiger partial charge on any atom is -0.312 e. The van der Waals surface area contributed by atoms with Gasteiger partial charge < -0.3 is 5.32 Å². The maximum atomic E-state index is 3.82. The Labute approximate surface area is 95.3 Å². The van der Waals surface area contributed by atoms with E-state index in [0.717, 1.165) is 11.8 Å². The van der Waals surface area contributed by atoms with E-state index in [9.17, 15) is 0 Å². The summed E-state index contributed by atoms with van der Waals surface area (Å²) in [5.74, 6) is 1.85. The van der Waals surface area contributed by atoms with Gasteiger partial charge in [-0.2, -0.15) is 0 Å². The highest BCUT2D eigenvalue weighted by Gasteiger charge is 2.27. The molecule has 1 aliphatic carbocycles. The van der Waals surface area contributed by atoms with E-state index in [1.807, 2.05) is 0 Å². The SMILES string of the molecule is C=CCCC1CCCC1CNC(C)(C)C. The van der Waals surface area contributed by atoms with Crippen molar-refractivity contribution in [1.29, 1.82) is 0 Å². The zero-order chi connectivity index (χ0) is 11.3. The largest absolute Gasteiger partial charge is 0.312 e. The molecule has 15 heavy (non-hydrogen) atoms. The summed E-state index contributed by atoms with van der Waals surface area (Å²) in [6.07, 6.45) is 8.89. The lowest BCUT2D eigenvalue weighted by Crippen LogP contribution is -2.39.